The van der Waals surface area contributed by atoms with Gasteiger partial charge in [-0.25, -0.2) is 14.8 Å². The first-order valence-electron chi connectivity index (χ1n) is 9.11. The molecular formula is C20H23N3O3S. The van der Waals surface area contributed by atoms with Crippen LogP contribution < -0.4 is 0 Å². The molecule has 1 saturated heterocycles. The SMILES string of the molecule is CCOC(=O)c1cnc(C)nc1C1CCN(C(=O)Sc2ccccc2)CC1. The molecule has 0 unspecified atom stereocenters. The van der Waals surface area contributed by atoms with Crippen LogP contribution in [0.15, 0.2) is 41.4 Å². The summed E-state index contributed by atoms with van der Waals surface area (Å²) in [5.74, 6) is 0.374. The monoisotopic (exact) mass is 385 g/mol. The number of hydrogen-bond acceptors (Lipinski definition) is 6. The summed E-state index contributed by atoms with van der Waals surface area (Å²) in [6.07, 6.45) is 3.09. The zero-order chi connectivity index (χ0) is 19.2. The predicted octanol–water partition coefficient (Wildman–Crippen LogP) is 4.05. The van der Waals surface area contributed by atoms with E-state index >= 15 is 0 Å². The number of piperidine rings is 1. The molecule has 1 aromatic carbocycles. The quantitative estimate of drug-likeness (QED) is 0.584. The van der Waals surface area contributed by atoms with Gasteiger partial charge in [0.2, 0.25) is 0 Å². The molecule has 1 amide bonds. The van der Waals surface area contributed by atoms with Crippen LogP contribution in [0.1, 0.15) is 47.6 Å². The molecule has 2 heterocycles. The Labute approximate surface area is 163 Å². The number of aromatic nitrogens is 2. The maximum atomic E-state index is 12.5. The van der Waals surface area contributed by atoms with Crippen molar-refractivity contribution in [2.45, 2.75) is 37.5 Å². The Bertz CT molecular complexity index is 805. The summed E-state index contributed by atoms with van der Waals surface area (Å²) in [5.41, 5.74) is 1.18. The van der Waals surface area contributed by atoms with Crippen molar-refractivity contribution in [2.24, 2.45) is 0 Å². The van der Waals surface area contributed by atoms with Gasteiger partial charge >= 0.3 is 5.97 Å². The van der Waals surface area contributed by atoms with E-state index < -0.39 is 0 Å². The second-order valence-electron chi connectivity index (χ2n) is 6.38. The van der Waals surface area contributed by atoms with Gasteiger partial charge in [0.05, 0.1) is 17.9 Å². The summed E-state index contributed by atoms with van der Waals surface area (Å²) >= 11 is 1.25. The van der Waals surface area contributed by atoms with E-state index in [1.165, 1.54) is 11.8 Å². The van der Waals surface area contributed by atoms with Crippen LogP contribution in [0, 0.1) is 6.92 Å². The number of hydrogen-bond donors (Lipinski definition) is 0. The molecule has 0 radical (unpaired) electrons. The molecule has 27 heavy (non-hydrogen) atoms. The Morgan fingerprint density at radius 2 is 1.93 bits per heavy atom. The fraction of sp³-hybridized carbons (Fsp3) is 0.400. The van der Waals surface area contributed by atoms with Crippen molar-refractivity contribution in [3.8, 4) is 0 Å². The largest absolute Gasteiger partial charge is 0.462 e. The van der Waals surface area contributed by atoms with Crippen molar-refractivity contribution in [2.75, 3.05) is 19.7 Å². The van der Waals surface area contributed by atoms with Crippen LogP contribution >= 0.6 is 11.8 Å². The fourth-order valence-electron chi connectivity index (χ4n) is 3.15. The Hall–Kier alpha value is -2.41. The van der Waals surface area contributed by atoms with Crippen molar-refractivity contribution in [1.29, 1.82) is 0 Å². The zero-order valence-corrected chi connectivity index (χ0v) is 16.4. The highest BCUT2D eigenvalue weighted by atomic mass is 32.2. The highest BCUT2D eigenvalue weighted by Gasteiger charge is 2.29. The Kier molecular flexibility index (Phi) is 6.45. The predicted molar refractivity (Wildman–Crippen MR) is 104 cm³/mol. The standard InChI is InChI=1S/C20H23N3O3S/c1-3-26-19(24)17-13-21-14(2)22-18(17)15-9-11-23(12-10-15)20(25)27-16-7-5-4-6-8-16/h4-8,13,15H,3,9-12H2,1-2H3. The second kappa shape index (κ2) is 8.99. The molecule has 0 aliphatic carbocycles. The Morgan fingerprint density at radius 1 is 1.22 bits per heavy atom. The molecule has 0 N–H and O–H groups in total. The molecule has 0 atom stereocenters. The summed E-state index contributed by atoms with van der Waals surface area (Å²) in [7, 11) is 0. The normalized spacial score (nSPS) is 14.8. The highest BCUT2D eigenvalue weighted by Crippen LogP contribution is 2.31. The summed E-state index contributed by atoms with van der Waals surface area (Å²) in [6.45, 7) is 5.20. The highest BCUT2D eigenvalue weighted by molar-refractivity contribution is 8.13. The Balaban J connectivity index is 1.66. The number of aryl methyl sites for hydroxylation is 1. The van der Waals surface area contributed by atoms with Crippen LogP contribution in [-0.4, -0.2) is 45.8 Å². The number of likely N-dealkylation sites (tertiary alicyclic amines) is 1. The summed E-state index contributed by atoms with van der Waals surface area (Å²) in [6, 6.07) is 9.66. The van der Waals surface area contributed by atoms with E-state index in [1.54, 1.807) is 13.1 Å². The summed E-state index contributed by atoms with van der Waals surface area (Å²) in [4.78, 5) is 36.2. The number of thioether (sulfide) groups is 1. The molecule has 1 aliphatic rings. The fourth-order valence-corrected chi connectivity index (χ4v) is 3.96. The van der Waals surface area contributed by atoms with Gasteiger partial charge in [-0.15, -0.1) is 0 Å². The van der Waals surface area contributed by atoms with Crippen molar-refractivity contribution >= 4 is 23.0 Å². The van der Waals surface area contributed by atoms with Gasteiger partial charge in [-0.2, -0.15) is 0 Å². The third-order valence-corrected chi connectivity index (χ3v) is 5.46. The first-order valence-corrected chi connectivity index (χ1v) is 9.92. The minimum Gasteiger partial charge on any atom is -0.462 e. The third-order valence-electron chi connectivity index (χ3n) is 4.52. The van der Waals surface area contributed by atoms with E-state index in [9.17, 15) is 9.59 Å². The molecule has 2 aromatic rings. The van der Waals surface area contributed by atoms with Crippen molar-refractivity contribution in [1.82, 2.24) is 14.9 Å². The van der Waals surface area contributed by atoms with Crippen LogP contribution in [0.5, 0.6) is 0 Å². The minimum atomic E-state index is -0.384. The van der Waals surface area contributed by atoms with Crippen LogP contribution in [0.3, 0.4) is 0 Å². The molecule has 0 saturated carbocycles. The molecule has 0 spiro atoms. The minimum absolute atomic E-state index is 0.0594. The van der Waals surface area contributed by atoms with Gasteiger partial charge in [0.25, 0.3) is 5.24 Å². The molecule has 6 nitrogen and oxygen atoms in total. The molecular weight excluding hydrogens is 362 g/mol. The lowest BCUT2D eigenvalue weighted by Crippen LogP contribution is -2.36. The molecule has 1 aliphatic heterocycles. The number of rotatable bonds is 4. The molecule has 1 fully saturated rings. The third kappa shape index (κ3) is 4.86. The van der Waals surface area contributed by atoms with Crippen molar-refractivity contribution < 1.29 is 14.3 Å². The lowest BCUT2D eigenvalue weighted by Gasteiger charge is -2.32. The maximum Gasteiger partial charge on any atom is 0.341 e. The van der Waals surface area contributed by atoms with Gasteiger partial charge < -0.3 is 9.64 Å². The lowest BCUT2D eigenvalue weighted by atomic mass is 9.91. The molecule has 0 bridgehead atoms. The smallest absolute Gasteiger partial charge is 0.341 e. The Morgan fingerprint density at radius 3 is 2.59 bits per heavy atom. The van der Waals surface area contributed by atoms with Crippen LogP contribution in [0.25, 0.3) is 0 Å². The number of esters is 1. The van der Waals surface area contributed by atoms with Gasteiger partial charge in [-0.1, -0.05) is 18.2 Å². The average molecular weight is 385 g/mol. The maximum absolute atomic E-state index is 12.5. The first-order chi connectivity index (χ1) is 13.1. The lowest BCUT2D eigenvalue weighted by molar-refractivity contribution is 0.0522. The van der Waals surface area contributed by atoms with E-state index in [1.807, 2.05) is 42.2 Å². The number of ether oxygens (including phenoxy) is 1. The number of nitrogens with zero attached hydrogens (tertiary/aromatic N) is 3. The first kappa shape index (κ1) is 19.4. The summed E-state index contributed by atoms with van der Waals surface area (Å²) < 4.78 is 5.14. The van der Waals surface area contributed by atoms with Gasteiger partial charge in [-0.3, -0.25) is 4.79 Å². The second-order valence-corrected chi connectivity index (χ2v) is 7.40. The molecule has 1 aromatic heterocycles. The van der Waals surface area contributed by atoms with Gasteiger partial charge in [0, 0.05) is 30.1 Å². The average Bonchev–Trinajstić information content (AvgIpc) is 2.69. The van der Waals surface area contributed by atoms with Gasteiger partial charge in [0.1, 0.15) is 5.82 Å². The molecule has 3 rings (SSSR count). The van der Waals surface area contributed by atoms with Crippen molar-refractivity contribution in [3.63, 3.8) is 0 Å². The number of benzene rings is 1. The van der Waals surface area contributed by atoms with E-state index in [2.05, 4.69) is 9.97 Å². The van der Waals surface area contributed by atoms with Crippen LogP contribution in [-0.2, 0) is 4.74 Å². The van der Waals surface area contributed by atoms with E-state index in [0.29, 0.717) is 31.1 Å². The number of carbonyl (C=O) groups is 2. The van der Waals surface area contributed by atoms with Crippen molar-refractivity contribution in [3.05, 3.63) is 53.6 Å². The van der Waals surface area contributed by atoms with Gasteiger partial charge in [-0.05, 0) is 50.6 Å². The number of amides is 1. The molecule has 7 heteroatoms. The summed E-state index contributed by atoms with van der Waals surface area (Å²) in [5, 5.41) is 0.0594. The van der Waals surface area contributed by atoms with Gasteiger partial charge in [0.15, 0.2) is 0 Å². The topological polar surface area (TPSA) is 72.4 Å². The van der Waals surface area contributed by atoms with E-state index in [4.69, 9.17) is 4.74 Å². The number of carbonyl (C=O) groups excluding carboxylic acids is 2. The van der Waals surface area contributed by atoms with E-state index in [0.717, 1.165) is 23.4 Å². The molecule has 142 valence electrons. The van der Waals surface area contributed by atoms with E-state index in [-0.39, 0.29) is 17.1 Å². The van der Waals surface area contributed by atoms with Crippen LogP contribution in [0.2, 0.25) is 0 Å². The van der Waals surface area contributed by atoms with Crippen LogP contribution in [0.4, 0.5) is 4.79 Å². The zero-order valence-electron chi connectivity index (χ0n) is 15.6.